The molecule has 0 radical (unpaired) electrons. The number of aliphatic imine (C=N–C) groups is 1. The van der Waals surface area contributed by atoms with Crippen molar-refractivity contribution in [3.8, 4) is 0 Å². The number of hydrogen-bond donors (Lipinski definition) is 2. The maximum Gasteiger partial charge on any atom is 0.191 e. The summed E-state index contributed by atoms with van der Waals surface area (Å²) >= 11 is 0. The molecule has 0 aliphatic carbocycles. The van der Waals surface area contributed by atoms with E-state index in [1.165, 1.54) is 11.1 Å². The quantitative estimate of drug-likeness (QED) is 0.622. The third kappa shape index (κ3) is 6.59. The lowest BCUT2D eigenvalue weighted by molar-refractivity contribution is 0.0342. The molecule has 0 atom stereocenters. The number of nitrogens with zero attached hydrogens (tertiary/aromatic N) is 2. The van der Waals surface area contributed by atoms with E-state index in [0.29, 0.717) is 12.6 Å². The van der Waals surface area contributed by atoms with Crippen LogP contribution >= 0.6 is 0 Å². The van der Waals surface area contributed by atoms with Gasteiger partial charge < -0.3 is 15.4 Å². The predicted molar refractivity (Wildman–Crippen MR) is 95.6 cm³/mol. The molecule has 23 heavy (non-hydrogen) atoms. The second kappa shape index (κ2) is 9.53. The monoisotopic (exact) mass is 318 g/mol. The molecule has 2 rings (SSSR count). The Balaban J connectivity index is 1.87. The standard InChI is InChI=1S/C18H30N4O/c1-4-19-18(21-15(2)3)20-13-16-5-7-17(8-6-16)14-22-9-11-23-12-10-22/h5-8,15H,4,9-14H2,1-3H3,(H2,19,20,21). The summed E-state index contributed by atoms with van der Waals surface area (Å²) in [4.78, 5) is 7.07. The fraction of sp³-hybridized carbons (Fsp3) is 0.611. The Bertz CT molecular complexity index is 478. The minimum absolute atomic E-state index is 0.378. The van der Waals surface area contributed by atoms with E-state index in [9.17, 15) is 0 Å². The largest absolute Gasteiger partial charge is 0.379 e. The Morgan fingerprint density at radius 1 is 1.17 bits per heavy atom. The number of morpholine rings is 1. The van der Waals surface area contributed by atoms with Gasteiger partial charge in [0.2, 0.25) is 0 Å². The van der Waals surface area contributed by atoms with Crippen LogP contribution in [0.5, 0.6) is 0 Å². The predicted octanol–water partition coefficient (Wildman–Crippen LogP) is 1.98. The smallest absolute Gasteiger partial charge is 0.191 e. The molecular weight excluding hydrogens is 288 g/mol. The van der Waals surface area contributed by atoms with Gasteiger partial charge in [0.15, 0.2) is 5.96 Å². The van der Waals surface area contributed by atoms with Gasteiger partial charge in [-0.05, 0) is 31.9 Å². The first-order valence-electron chi connectivity index (χ1n) is 8.60. The van der Waals surface area contributed by atoms with Crippen LogP contribution in [0.25, 0.3) is 0 Å². The van der Waals surface area contributed by atoms with Crippen LogP contribution in [0, 0.1) is 0 Å². The van der Waals surface area contributed by atoms with Crippen molar-refractivity contribution in [3.05, 3.63) is 35.4 Å². The van der Waals surface area contributed by atoms with Crippen molar-refractivity contribution >= 4 is 5.96 Å². The molecule has 1 fully saturated rings. The summed E-state index contributed by atoms with van der Waals surface area (Å²) in [7, 11) is 0. The third-order valence-electron chi connectivity index (χ3n) is 3.72. The lowest BCUT2D eigenvalue weighted by atomic mass is 10.1. The number of rotatable bonds is 6. The molecule has 1 aromatic carbocycles. The fourth-order valence-corrected chi connectivity index (χ4v) is 2.53. The molecule has 1 aliphatic heterocycles. The van der Waals surface area contributed by atoms with Gasteiger partial charge in [0.1, 0.15) is 0 Å². The van der Waals surface area contributed by atoms with Crippen LogP contribution in [-0.2, 0) is 17.8 Å². The highest BCUT2D eigenvalue weighted by Crippen LogP contribution is 2.10. The molecule has 1 saturated heterocycles. The van der Waals surface area contributed by atoms with Gasteiger partial charge in [-0.25, -0.2) is 4.99 Å². The van der Waals surface area contributed by atoms with Crippen LogP contribution in [-0.4, -0.2) is 49.7 Å². The van der Waals surface area contributed by atoms with Crippen molar-refractivity contribution in [1.82, 2.24) is 15.5 Å². The molecular formula is C18H30N4O. The van der Waals surface area contributed by atoms with Crippen molar-refractivity contribution in [2.24, 2.45) is 4.99 Å². The van der Waals surface area contributed by atoms with E-state index in [1.807, 2.05) is 0 Å². The van der Waals surface area contributed by atoms with Crippen LogP contribution in [0.2, 0.25) is 0 Å². The number of benzene rings is 1. The van der Waals surface area contributed by atoms with Crippen LogP contribution in [0.4, 0.5) is 0 Å². The molecule has 0 amide bonds. The first-order chi connectivity index (χ1) is 11.2. The van der Waals surface area contributed by atoms with Gasteiger partial charge in [-0.3, -0.25) is 4.90 Å². The van der Waals surface area contributed by atoms with Crippen molar-refractivity contribution in [3.63, 3.8) is 0 Å². The molecule has 0 spiro atoms. The van der Waals surface area contributed by atoms with E-state index in [1.54, 1.807) is 0 Å². The lowest BCUT2D eigenvalue weighted by Gasteiger charge is -2.26. The molecule has 0 unspecified atom stereocenters. The summed E-state index contributed by atoms with van der Waals surface area (Å²) < 4.78 is 5.39. The Morgan fingerprint density at radius 3 is 2.43 bits per heavy atom. The van der Waals surface area contributed by atoms with Gasteiger partial charge in [-0.15, -0.1) is 0 Å². The normalized spacial score (nSPS) is 16.6. The summed E-state index contributed by atoms with van der Waals surface area (Å²) in [6.45, 7) is 12.6. The Hall–Kier alpha value is -1.59. The second-order valence-electron chi connectivity index (χ2n) is 6.20. The van der Waals surface area contributed by atoms with Crippen molar-refractivity contribution in [2.45, 2.75) is 39.9 Å². The highest BCUT2D eigenvalue weighted by Gasteiger charge is 2.10. The molecule has 0 saturated carbocycles. The molecule has 128 valence electrons. The van der Waals surface area contributed by atoms with E-state index in [-0.39, 0.29) is 0 Å². The Labute approximate surface area is 140 Å². The summed E-state index contributed by atoms with van der Waals surface area (Å²) in [6, 6.07) is 9.16. The zero-order valence-corrected chi connectivity index (χ0v) is 14.6. The van der Waals surface area contributed by atoms with Gasteiger partial charge in [0.05, 0.1) is 19.8 Å². The first-order valence-corrected chi connectivity index (χ1v) is 8.60. The minimum atomic E-state index is 0.378. The molecule has 5 nitrogen and oxygen atoms in total. The Kier molecular flexibility index (Phi) is 7.36. The van der Waals surface area contributed by atoms with Gasteiger partial charge in [0, 0.05) is 32.2 Å². The minimum Gasteiger partial charge on any atom is -0.379 e. The van der Waals surface area contributed by atoms with Gasteiger partial charge in [-0.2, -0.15) is 0 Å². The summed E-state index contributed by atoms with van der Waals surface area (Å²) in [6.07, 6.45) is 0. The van der Waals surface area contributed by atoms with Crippen LogP contribution in [0.1, 0.15) is 31.9 Å². The summed E-state index contributed by atoms with van der Waals surface area (Å²) in [5.41, 5.74) is 2.59. The van der Waals surface area contributed by atoms with Gasteiger partial charge in [0.25, 0.3) is 0 Å². The van der Waals surface area contributed by atoms with Crippen LogP contribution in [0.3, 0.4) is 0 Å². The van der Waals surface area contributed by atoms with E-state index >= 15 is 0 Å². The lowest BCUT2D eigenvalue weighted by Crippen LogP contribution is -2.40. The maximum absolute atomic E-state index is 5.39. The van der Waals surface area contributed by atoms with Crippen LogP contribution in [0.15, 0.2) is 29.3 Å². The van der Waals surface area contributed by atoms with Gasteiger partial charge in [-0.1, -0.05) is 24.3 Å². The average Bonchev–Trinajstić information content (AvgIpc) is 2.55. The van der Waals surface area contributed by atoms with E-state index in [4.69, 9.17) is 4.74 Å². The maximum atomic E-state index is 5.39. The number of ether oxygens (including phenoxy) is 1. The van der Waals surface area contributed by atoms with Crippen molar-refractivity contribution in [1.29, 1.82) is 0 Å². The fourth-order valence-electron chi connectivity index (χ4n) is 2.53. The zero-order valence-electron chi connectivity index (χ0n) is 14.6. The van der Waals surface area contributed by atoms with E-state index in [2.05, 4.69) is 65.6 Å². The van der Waals surface area contributed by atoms with E-state index < -0.39 is 0 Å². The SMILES string of the molecule is CCNC(=NCc1ccc(CN2CCOCC2)cc1)NC(C)C. The van der Waals surface area contributed by atoms with E-state index in [0.717, 1.165) is 45.4 Å². The van der Waals surface area contributed by atoms with Crippen LogP contribution < -0.4 is 10.6 Å². The van der Waals surface area contributed by atoms with Crippen molar-refractivity contribution < 1.29 is 4.74 Å². The van der Waals surface area contributed by atoms with Crippen molar-refractivity contribution in [2.75, 3.05) is 32.8 Å². The second-order valence-corrected chi connectivity index (χ2v) is 6.20. The number of nitrogens with one attached hydrogen (secondary N) is 2. The number of guanidine groups is 1. The highest BCUT2D eigenvalue weighted by atomic mass is 16.5. The summed E-state index contributed by atoms with van der Waals surface area (Å²) in [5, 5.41) is 6.61. The summed E-state index contributed by atoms with van der Waals surface area (Å²) in [5.74, 6) is 0.875. The molecule has 2 N–H and O–H groups in total. The topological polar surface area (TPSA) is 48.9 Å². The molecule has 1 heterocycles. The molecule has 1 aromatic rings. The van der Waals surface area contributed by atoms with Gasteiger partial charge >= 0.3 is 0 Å². The first kappa shape index (κ1) is 17.8. The molecule has 5 heteroatoms. The average molecular weight is 318 g/mol. The Morgan fingerprint density at radius 2 is 1.83 bits per heavy atom. The number of hydrogen-bond acceptors (Lipinski definition) is 3. The molecule has 0 aromatic heterocycles. The third-order valence-corrected chi connectivity index (χ3v) is 3.72. The highest BCUT2D eigenvalue weighted by molar-refractivity contribution is 5.79. The molecule has 1 aliphatic rings. The zero-order chi connectivity index (χ0) is 16.5. The molecule has 0 bridgehead atoms.